The summed E-state index contributed by atoms with van der Waals surface area (Å²) in [5.41, 5.74) is 1.39. The fourth-order valence-corrected chi connectivity index (χ4v) is 4.30. The van der Waals surface area contributed by atoms with E-state index in [-0.39, 0.29) is 36.8 Å². The summed E-state index contributed by atoms with van der Waals surface area (Å²) in [6, 6.07) is 7.87. The average Bonchev–Trinajstić information content (AvgIpc) is 2.82. The maximum absolute atomic E-state index is 14.6. The van der Waals surface area contributed by atoms with Crippen molar-refractivity contribution in [2.75, 3.05) is 6.61 Å². The molecule has 0 aromatic heterocycles. The third-order valence-electron chi connectivity index (χ3n) is 6.27. The second-order valence-electron chi connectivity index (χ2n) is 8.65. The molecule has 2 aromatic rings. The Morgan fingerprint density at radius 3 is 2.52 bits per heavy atom. The lowest BCUT2D eigenvalue weighted by Gasteiger charge is -2.29. The van der Waals surface area contributed by atoms with Gasteiger partial charge in [0, 0.05) is 5.56 Å². The van der Waals surface area contributed by atoms with E-state index in [4.69, 9.17) is 9.47 Å². The Balaban J connectivity index is 1.52. The number of aliphatic hydroxyl groups excluding tert-OH is 1. The molecule has 2 aromatic carbocycles. The molecule has 0 saturated heterocycles. The minimum atomic E-state index is -0.946. The molecule has 6 heteroatoms. The molecular formula is C27H33F3O3. The highest BCUT2D eigenvalue weighted by molar-refractivity contribution is 5.33. The van der Waals surface area contributed by atoms with E-state index in [1.54, 1.807) is 24.3 Å². The Bertz CT molecular complexity index is 923. The average molecular weight is 463 g/mol. The molecule has 0 spiro atoms. The molecule has 3 nitrogen and oxygen atoms in total. The van der Waals surface area contributed by atoms with E-state index in [1.165, 1.54) is 12.1 Å². The first-order valence-corrected chi connectivity index (χ1v) is 11.7. The molecular weight excluding hydrogens is 429 g/mol. The van der Waals surface area contributed by atoms with E-state index in [0.717, 1.165) is 6.42 Å². The van der Waals surface area contributed by atoms with Gasteiger partial charge in [-0.25, -0.2) is 8.78 Å². The summed E-state index contributed by atoms with van der Waals surface area (Å²) in [6.45, 7) is 5.94. The van der Waals surface area contributed by atoms with Crippen LogP contribution >= 0.6 is 0 Å². The van der Waals surface area contributed by atoms with Gasteiger partial charge in [0.2, 0.25) is 5.82 Å². The summed E-state index contributed by atoms with van der Waals surface area (Å²) >= 11 is 0. The van der Waals surface area contributed by atoms with Crippen molar-refractivity contribution >= 4 is 0 Å². The van der Waals surface area contributed by atoms with Crippen molar-refractivity contribution in [2.24, 2.45) is 0 Å². The van der Waals surface area contributed by atoms with Crippen molar-refractivity contribution in [3.05, 3.63) is 77.1 Å². The molecule has 0 bridgehead atoms. The van der Waals surface area contributed by atoms with Gasteiger partial charge in [-0.05, 0) is 67.7 Å². The molecule has 3 rings (SSSR count). The molecule has 1 N–H and O–H groups in total. The highest BCUT2D eigenvalue weighted by Crippen LogP contribution is 2.37. The van der Waals surface area contributed by atoms with Gasteiger partial charge in [0.25, 0.3) is 0 Å². The predicted molar refractivity (Wildman–Crippen MR) is 123 cm³/mol. The smallest absolute Gasteiger partial charge is 0.200 e. The summed E-state index contributed by atoms with van der Waals surface area (Å²) in [5.74, 6) is -2.34. The maximum Gasteiger partial charge on any atom is 0.200 e. The van der Waals surface area contributed by atoms with Crippen LogP contribution in [-0.4, -0.2) is 17.8 Å². The Hall–Kier alpha value is -2.31. The van der Waals surface area contributed by atoms with Crippen molar-refractivity contribution in [1.29, 1.82) is 0 Å². The van der Waals surface area contributed by atoms with Gasteiger partial charge in [-0.15, -0.1) is 6.58 Å². The van der Waals surface area contributed by atoms with E-state index in [2.05, 4.69) is 6.58 Å². The molecule has 1 saturated carbocycles. The fourth-order valence-electron chi connectivity index (χ4n) is 4.30. The molecule has 0 aliphatic heterocycles. The highest BCUT2D eigenvalue weighted by atomic mass is 19.2. The van der Waals surface area contributed by atoms with E-state index >= 15 is 0 Å². The van der Waals surface area contributed by atoms with E-state index in [1.807, 2.05) is 6.92 Å². The van der Waals surface area contributed by atoms with Crippen LogP contribution in [0.2, 0.25) is 0 Å². The summed E-state index contributed by atoms with van der Waals surface area (Å²) < 4.78 is 54.6. The van der Waals surface area contributed by atoms with Gasteiger partial charge >= 0.3 is 0 Å². The van der Waals surface area contributed by atoms with E-state index in [9.17, 15) is 18.3 Å². The first-order valence-electron chi connectivity index (χ1n) is 11.7. The van der Waals surface area contributed by atoms with Crippen LogP contribution in [0.15, 0.2) is 43.0 Å². The maximum atomic E-state index is 14.6. The van der Waals surface area contributed by atoms with E-state index < -0.39 is 17.7 Å². The van der Waals surface area contributed by atoms with Crippen LogP contribution in [0.5, 0.6) is 5.75 Å². The van der Waals surface area contributed by atoms with Gasteiger partial charge in [-0.2, -0.15) is 4.39 Å². The van der Waals surface area contributed by atoms with Crippen LogP contribution in [0, 0.1) is 17.5 Å². The quantitative estimate of drug-likeness (QED) is 0.285. The number of hydrogen-bond acceptors (Lipinski definition) is 3. The first kappa shape index (κ1) is 25.3. The zero-order valence-corrected chi connectivity index (χ0v) is 19.2. The van der Waals surface area contributed by atoms with Gasteiger partial charge in [0.15, 0.2) is 11.6 Å². The third kappa shape index (κ3) is 6.61. The second kappa shape index (κ2) is 12.2. The first-order chi connectivity index (χ1) is 15.9. The molecule has 1 unspecified atom stereocenters. The normalized spacial score (nSPS) is 19.3. The Morgan fingerprint density at radius 1 is 1.09 bits per heavy atom. The van der Waals surface area contributed by atoms with Crippen LogP contribution in [0.25, 0.3) is 0 Å². The van der Waals surface area contributed by atoms with Gasteiger partial charge < -0.3 is 14.6 Å². The lowest BCUT2D eigenvalue weighted by atomic mass is 9.82. The SMILES string of the molecule is C=CCCOc1ccc(C2CCC(OCc3ccc(C(O)CCC)cc3F)CC2)c(F)c1F. The van der Waals surface area contributed by atoms with Gasteiger partial charge in [-0.3, -0.25) is 0 Å². The van der Waals surface area contributed by atoms with Crippen LogP contribution in [0.3, 0.4) is 0 Å². The highest BCUT2D eigenvalue weighted by Gasteiger charge is 2.27. The van der Waals surface area contributed by atoms with Crippen molar-refractivity contribution in [3.63, 3.8) is 0 Å². The minimum absolute atomic E-state index is 0.0552. The molecule has 1 aliphatic carbocycles. The van der Waals surface area contributed by atoms with Crippen molar-refractivity contribution in [3.8, 4) is 5.75 Å². The molecule has 0 radical (unpaired) electrons. The molecule has 33 heavy (non-hydrogen) atoms. The number of hydrogen-bond donors (Lipinski definition) is 1. The Morgan fingerprint density at radius 2 is 1.85 bits per heavy atom. The Kier molecular flexibility index (Phi) is 9.39. The van der Waals surface area contributed by atoms with Gasteiger partial charge in [0.1, 0.15) is 5.82 Å². The standard InChI is InChI=1S/C27H33F3O3/c1-3-5-15-32-25-14-13-22(26(29)27(25)30)18-9-11-21(12-10-18)33-17-20-8-7-19(16-23(20)28)24(31)6-4-2/h3,7-8,13-14,16,18,21,24,31H,1,4-6,9-12,15,17H2,2H3. The third-order valence-corrected chi connectivity index (χ3v) is 6.27. The monoisotopic (exact) mass is 462 g/mol. The topological polar surface area (TPSA) is 38.7 Å². The van der Waals surface area contributed by atoms with Crippen LogP contribution in [-0.2, 0) is 11.3 Å². The molecule has 0 heterocycles. The zero-order valence-electron chi connectivity index (χ0n) is 19.2. The Labute approximate surface area is 194 Å². The number of halogens is 3. The summed E-state index contributed by atoms with van der Waals surface area (Å²) in [6.07, 6.45) is 5.63. The number of benzene rings is 2. The lowest BCUT2D eigenvalue weighted by molar-refractivity contribution is 0.0118. The number of rotatable bonds is 11. The van der Waals surface area contributed by atoms with Crippen molar-refractivity contribution < 1.29 is 27.8 Å². The predicted octanol–water partition coefficient (Wildman–Crippen LogP) is 7.14. The zero-order chi connectivity index (χ0) is 23.8. The minimum Gasteiger partial charge on any atom is -0.490 e. The number of aliphatic hydroxyl groups is 1. The lowest BCUT2D eigenvalue weighted by Crippen LogP contribution is -2.21. The van der Waals surface area contributed by atoms with E-state index in [0.29, 0.717) is 55.2 Å². The van der Waals surface area contributed by atoms with Crippen LogP contribution in [0.4, 0.5) is 13.2 Å². The summed E-state index contributed by atoms with van der Waals surface area (Å²) in [5, 5.41) is 10.0. The molecule has 1 aliphatic rings. The van der Waals surface area contributed by atoms with Crippen LogP contribution in [0.1, 0.15) is 80.6 Å². The number of ether oxygens (including phenoxy) is 2. The van der Waals surface area contributed by atoms with Gasteiger partial charge in [0.05, 0.1) is 25.4 Å². The molecule has 180 valence electrons. The largest absolute Gasteiger partial charge is 0.490 e. The summed E-state index contributed by atoms with van der Waals surface area (Å²) in [7, 11) is 0. The van der Waals surface area contributed by atoms with Crippen molar-refractivity contribution in [2.45, 2.75) is 76.6 Å². The van der Waals surface area contributed by atoms with Crippen LogP contribution < -0.4 is 4.74 Å². The van der Waals surface area contributed by atoms with Gasteiger partial charge in [-0.1, -0.05) is 37.6 Å². The molecule has 0 amide bonds. The fraction of sp³-hybridized carbons (Fsp3) is 0.481. The molecule has 1 atom stereocenters. The second-order valence-corrected chi connectivity index (χ2v) is 8.65. The van der Waals surface area contributed by atoms with Crippen molar-refractivity contribution in [1.82, 2.24) is 0 Å². The molecule has 1 fully saturated rings. The summed E-state index contributed by atoms with van der Waals surface area (Å²) in [4.78, 5) is 0.